The Hall–Kier alpha value is -2.12. The van der Waals surface area contributed by atoms with Crippen LogP contribution >= 0.6 is 23.1 Å². The van der Waals surface area contributed by atoms with E-state index < -0.39 is 0 Å². The molecule has 0 bridgehead atoms. The van der Waals surface area contributed by atoms with Gasteiger partial charge in [0.05, 0.1) is 10.2 Å². The summed E-state index contributed by atoms with van der Waals surface area (Å²) >= 11 is 3.02. The van der Waals surface area contributed by atoms with Crippen molar-refractivity contribution in [2.45, 2.75) is 6.17 Å². The second-order valence-corrected chi connectivity index (χ2v) is 6.57. The van der Waals surface area contributed by atoms with Gasteiger partial charge < -0.3 is 0 Å². The van der Waals surface area contributed by atoms with Gasteiger partial charge in [0.15, 0.2) is 11.3 Å². The first-order valence-corrected chi connectivity index (χ1v) is 8.82. The number of amides is 1. The number of fused-ring (bicyclic) bond motifs is 2. The summed E-state index contributed by atoms with van der Waals surface area (Å²) in [6.07, 6.45) is 1.59. The Labute approximate surface area is 135 Å². The van der Waals surface area contributed by atoms with Gasteiger partial charge in [0.2, 0.25) is 0 Å². The third-order valence-electron chi connectivity index (χ3n) is 3.51. The predicted molar refractivity (Wildman–Crippen MR) is 88.6 cm³/mol. The van der Waals surface area contributed by atoms with Crippen molar-refractivity contribution in [3.8, 4) is 0 Å². The number of para-hydroxylation sites is 1. The van der Waals surface area contributed by atoms with E-state index in [1.807, 2.05) is 48.0 Å². The zero-order chi connectivity index (χ0) is 15.1. The monoisotopic (exact) mass is 328 g/mol. The summed E-state index contributed by atoms with van der Waals surface area (Å²) in [4.78, 5) is 18.4. The maximum absolute atomic E-state index is 12.6. The minimum Gasteiger partial charge on any atom is -0.298 e. The van der Waals surface area contributed by atoms with E-state index >= 15 is 0 Å². The molecule has 1 atom stereocenters. The molecule has 5 nitrogen and oxygen atoms in total. The molecule has 1 amide bonds. The number of nitrogens with one attached hydrogen (secondary N) is 1. The van der Waals surface area contributed by atoms with Gasteiger partial charge in [-0.05, 0) is 23.8 Å². The Bertz CT molecular complexity index is 889. The molecule has 3 heterocycles. The van der Waals surface area contributed by atoms with E-state index in [0.29, 0.717) is 10.9 Å². The lowest BCUT2D eigenvalue weighted by Gasteiger charge is -2.33. The van der Waals surface area contributed by atoms with Gasteiger partial charge in [0.1, 0.15) is 5.70 Å². The average Bonchev–Trinajstić information content (AvgIpc) is 3.07. The first-order chi connectivity index (χ1) is 10.8. The van der Waals surface area contributed by atoms with Crippen LogP contribution in [0.5, 0.6) is 0 Å². The van der Waals surface area contributed by atoms with Gasteiger partial charge in [-0.25, -0.2) is 5.01 Å². The van der Waals surface area contributed by atoms with Gasteiger partial charge >= 0.3 is 0 Å². The van der Waals surface area contributed by atoms with Crippen LogP contribution in [0.4, 0.5) is 0 Å². The predicted octanol–water partition coefficient (Wildman–Crippen LogP) is 1.25. The number of hydrazone groups is 1. The summed E-state index contributed by atoms with van der Waals surface area (Å²) in [6, 6.07) is 11.7. The van der Waals surface area contributed by atoms with Crippen molar-refractivity contribution in [3.05, 3.63) is 57.2 Å². The SMILES string of the molecule is CSC1=NN2C(=c3ccccc3=N[C@@H]2c2cccs2)C(=O)N1. The summed E-state index contributed by atoms with van der Waals surface area (Å²) in [5, 5.41) is 13.4. The molecule has 0 spiro atoms. The highest BCUT2D eigenvalue weighted by Crippen LogP contribution is 2.32. The van der Waals surface area contributed by atoms with Crippen molar-refractivity contribution in [1.82, 2.24) is 10.3 Å². The number of amidine groups is 1. The smallest absolute Gasteiger partial charge is 0.276 e. The fourth-order valence-electron chi connectivity index (χ4n) is 2.54. The number of hydrogen-bond acceptors (Lipinski definition) is 6. The number of nitrogens with zero attached hydrogens (tertiary/aromatic N) is 3. The van der Waals surface area contributed by atoms with Crippen LogP contribution in [0.15, 0.2) is 51.9 Å². The summed E-state index contributed by atoms with van der Waals surface area (Å²) < 4.78 is 0. The molecule has 110 valence electrons. The van der Waals surface area contributed by atoms with Crippen LogP contribution < -0.4 is 15.9 Å². The van der Waals surface area contributed by atoms with Gasteiger partial charge in [-0.3, -0.25) is 15.1 Å². The zero-order valence-electron chi connectivity index (χ0n) is 11.7. The fourth-order valence-corrected chi connectivity index (χ4v) is 3.65. The molecule has 1 aromatic carbocycles. The highest BCUT2D eigenvalue weighted by molar-refractivity contribution is 8.13. The van der Waals surface area contributed by atoms with E-state index in [1.165, 1.54) is 11.8 Å². The Balaban J connectivity index is 2.01. The summed E-state index contributed by atoms with van der Waals surface area (Å²) in [6.45, 7) is 0. The Kier molecular flexibility index (Phi) is 3.24. The molecular weight excluding hydrogens is 316 g/mol. The number of carbonyl (C=O) groups excluding carboxylic acids is 1. The third kappa shape index (κ3) is 2.05. The number of hydrogen-bond donors (Lipinski definition) is 1. The van der Waals surface area contributed by atoms with Gasteiger partial charge in [-0.1, -0.05) is 36.0 Å². The lowest BCUT2D eigenvalue weighted by Crippen LogP contribution is -2.50. The molecular formula is C15H12N4OS2. The maximum Gasteiger partial charge on any atom is 0.276 e. The zero-order valence-corrected chi connectivity index (χ0v) is 13.3. The third-order valence-corrected chi connectivity index (χ3v) is 4.99. The van der Waals surface area contributed by atoms with Crippen LogP contribution in [-0.2, 0) is 4.79 Å². The molecule has 1 aromatic heterocycles. The summed E-state index contributed by atoms with van der Waals surface area (Å²) in [5.74, 6) is -0.136. The molecule has 0 aliphatic carbocycles. The molecule has 22 heavy (non-hydrogen) atoms. The van der Waals surface area contributed by atoms with Crippen molar-refractivity contribution >= 4 is 39.9 Å². The normalized spacial score (nSPS) is 19.8. The Morgan fingerprint density at radius 3 is 2.91 bits per heavy atom. The number of thiophene rings is 1. The molecule has 1 N–H and O–H groups in total. The van der Waals surface area contributed by atoms with E-state index in [-0.39, 0.29) is 12.1 Å². The highest BCUT2D eigenvalue weighted by Gasteiger charge is 2.34. The second-order valence-electron chi connectivity index (χ2n) is 4.79. The first-order valence-electron chi connectivity index (χ1n) is 6.71. The van der Waals surface area contributed by atoms with Gasteiger partial charge in [0.25, 0.3) is 5.91 Å². The lowest BCUT2D eigenvalue weighted by atomic mass is 10.1. The fraction of sp³-hybridized carbons (Fsp3) is 0.133. The second kappa shape index (κ2) is 5.26. The van der Waals surface area contributed by atoms with Crippen LogP contribution in [-0.4, -0.2) is 22.3 Å². The minimum absolute atomic E-state index is 0.136. The van der Waals surface area contributed by atoms with Gasteiger partial charge in [-0.15, -0.1) is 16.4 Å². The van der Waals surface area contributed by atoms with Crippen molar-refractivity contribution < 1.29 is 4.79 Å². The highest BCUT2D eigenvalue weighted by atomic mass is 32.2. The summed E-state index contributed by atoms with van der Waals surface area (Å²) in [5.41, 5.74) is 0.557. The molecule has 0 unspecified atom stereocenters. The molecule has 0 saturated carbocycles. The minimum atomic E-state index is -0.293. The molecule has 2 aliphatic rings. The molecule has 0 fully saturated rings. The standard InChI is InChI=1S/C15H12N4OS2/c1-21-15-17-14(20)12-9-5-2-3-6-10(9)16-13(19(12)18-15)11-7-4-8-22-11/h2-8,13H,1H3,(H,17,18,20)/t13-/m0/s1. The number of carbonyl (C=O) groups is 1. The molecule has 2 aliphatic heterocycles. The van der Waals surface area contributed by atoms with Crippen LogP contribution in [0.25, 0.3) is 5.70 Å². The van der Waals surface area contributed by atoms with Crippen LogP contribution in [0.1, 0.15) is 11.0 Å². The van der Waals surface area contributed by atoms with Gasteiger partial charge in [-0.2, -0.15) is 0 Å². The van der Waals surface area contributed by atoms with Crippen molar-refractivity contribution in [1.29, 1.82) is 0 Å². The lowest BCUT2D eigenvalue weighted by molar-refractivity contribution is -0.116. The van der Waals surface area contributed by atoms with Crippen LogP contribution in [0.3, 0.4) is 0 Å². The molecule has 2 aromatic rings. The van der Waals surface area contributed by atoms with Crippen LogP contribution in [0, 0.1) is 0 Å². The number of rotatable bonds is 1. The van der Waals surface area contributed by atoms with E-state index in [1.54, 1.807) is 16.3 Å². The number of thioether (sulfide) groups is 1. The van der Waals surface area contributed by atoms with Gasteiger partial charge in [0, 0.05) is 5.22 Å². The Morgan fingerprint density at radius 1 is 1.27 bits per heavy atom. The van der Waals surface area contributed by atoms with E-state index in [4.69, 9.17) is 4.99 Å². The topological polar surface area (TPSA) is 57.1 Å². The molecule has 0 saturated heterocycles. The Morgan fingerprint density at radius 2 is 2.14 bits per heavy atom. The quantitative estimate of drug-likeness (QED) is 0.857. The first kappa shape index (κ1) is 13.5. The largest absolute Gasteiger partial charge is 0.298 e. The van der Waals surface area contributed by atoms with Crippen molar-refractivity contribution in [2.75, 3.05) is 6.26 Å². The van der Waals surface area contributed by atoms with E-state index in [9.17, 15) is 4.79 Å². The maximum atomic E-state index is 12.6. The molecule has 7 heteroatoms. The van der Waals surface area contributed by atoms with E-state index in [2.05, 4.69) is 10.4 Å². The van der Waals surface area contributed by atoms with Crippen molar-refractivity contribution in [2.24, 2.45) is 10.1 Å². The molecule has 4 rings (SSSR count). The van der Waals surface area contributed by atoms with Crippen molar-refractivity contribution in [3.63, 3.8) is 0 Å². The van der Waals surface area contributed by atoms with E-state index in [0.717, 1.165) is 15.5 Å². The number of benzene rings is 1. The average molecular weight is 328 g/mol. The molecule has 0 radical (unpaired) electrons. The van der Waals surface area contributed by atoms with Crippen LogP contribution in [0.2, 0.25) is 0 Å². The summed E-state index contributed by atoms with van der Waals surface area (Å²) in [7, 11) is 0.